The maximum Gasteiger partial charge on any atom is 0.323 e. The van der Waals surface area contributed by atoms with Crippen molar-refractivity contribution in [2.45, 2.75) is 37.1 Å². The lowest BCUT2D eigenvalue weighted by atomic mass is 9.61. The number of nitrogens with two attached hydrogens (primary N) is 1. The van der Waals surface area contributed by atoms with Crippen molar-refractivity contribution < 1.29 is 24.5 Å². The zero-order valence-electron chi connectivity index (χ0n) is 15.4. The van der Waals surface area contributed by atoms with Gasteiger partial charge in [-0.25, -0.2) is 0 Å². The van der Waals surface area contributed by atoms with Gasteiger partial charge in [-0.2, -0.15) is 0 Å². The molecule has 1 aliphatic heterocycles. The van der Waals surface area contributed by atoms with E-state index in [2.05, 4.69) is 0 Å². The van der Waals surface area contributed by atoms with Crippen LogP contribution in [0.15, 0.2) is 48.5 Å². The van der Waals surface area contributed by atoms with Crippen molar-refractivity contribution in [3.63, 3.8) is 0 Å². The first kappa shape index (κ1) is 18.5. The normalized spacial score (nSPS) is 22.8. The fourth-order valence-electron chi connectivity index (χ4n) is 4.56. The van der Waals surface area contributed by atoms with E-state index in [1.165, 1.54) is 0 Å². The Morgan fingerprint density at radius 1 is 1.00 bits per heavy atom. The maximum atomic E-state index is 12.2. The molecule has 2 aromatic carbocycles. The molecule has 0 radical (unpaired) electrons. The smallest absolute Gasteiger partial charge is 0.323 e. The number of carbonyl (C=O) groups is 2. The van der Waals surface area contributed by atoms with E-state index in [1.807, 2.05) is 48.5 Å². The van der Waals surface area contributed by atoms with Gasteiger partial charge in [0.1, 0.15) is 17.0 Å². The van der Waals surface area contributed by atoms with Crippen LogP contribution in [0.1, 0.15) is 42.7 Å². The number of benzene rings is 2. The van der Waals surface area contributed by atoms with Gasteiger partial charge >= 0.3 is 11.9 Å². The van der Waals surface area contributed by atoms with Gasteiger partial charge in [0, 0.05) is 23.5 Å². The topological polar surface area (TPSA) is 110 Å². The van der Waals surface area contributed by atoms with E-state index in [4.69, 9.17) is 15.6 Å². The van der Waals surface area contributed by atoms with E-state index in [0.29, 0.717) is 12.8 Å². The second-order valence-corrected chi connectivity index (χ2v) is 7.91. The van der Waals surface area contributed by atoms with E-state index in [0.717, 1.165) is 22.6 Å². The summed E-state index contributed by atoms with van der Waals surface area (Å²) in [4.78, 5) is 23.1. The highest BCUT2D eigenvalue weighted by molar-refractivity contribution is 5.80. The summed E-state index contributed by atoms with van der Waals surface area (Å²) >= 11 is 0. The fourth-order valence-corrected chi connectivity index (χ4v) is 4.56. The first-order valence-electron chi connectivity index (χ1n) is 9.48. The molecule has 1 heterocycles. The van der Waals surface area contributed by atoms with Crippen LogP contribution in [0.5, 0.6) is 11.5 Å². The van der Waals surface area contributed by atoms with Gasteiger partial charge in [0.2, 0.25) is 0 Å². The lowest BCUT2D eigenvalue weighted by molar-refractivity contribution is -0.149. The van der Waals surface area contributed by atoms with E-state index in [9.17, 15) is 14.7 Å². The molecule has 146 valence electrons. The Morgan fingerprint density at radius 3 is 2.04 bits per heavy atom. The van der Waals surface area contributed by atoms with E-state index >= 15 is 0 Å². The van der Waals surface area contributed by atoms with Crippen molar-refractivity contribution in [3.8, 4) is 11.5 Å². The first-order valence-corrected chi connectivity index (χ1v) is 9.48. The Morgan fingerprint density at radius 2 is 1.54 bits per heavy atom. The van der Waals surface area contributed by atoms with Crippen LogP contribution < -0.4 is 10.5 Å². The molecule has 6 heteroatoms. The zero-order valence-corrected chi connectivity index (χ0v) is 15.4. The van der Waals surface area contributed by atoms with Gasteiger partial charge in [-0.3, -0.25) is 9.59 Å². The third kappa shape index (κ3) is 3.14. The van der Waals surface area contributed by atoms with Crippen LogP contribution in [0.3, 0.4) is 0 Å². The van der Waals surface area contributed by atoms with Crippen molar-refractivity contribution in [1.82, 2.24) is 0 Å². The first-order chi connectivity index (χ1) is 13.4. The molecule has 0 aromatic heterocycles. The average molecular weight is 381 g/mol. The predicted molar refractivity (Wildman–Crippen MR) is 102 cm³/mol. The molecule has 1 fully saturated rings. The molecule has 6 nitrogen and oxygen atoms in total. The van der Waals surface area contributed by atoms with Crippen LogP contribution >= 0.6 is 0 Å². The molecule has 28 heavy (non-hydrogen) atoms. The summed E-state index contributed by atoms with van der Waals surface area (Å²) in [5.41, 5.74) is 6.94. The van der Waals surface area contributed by atoms with Crippen LogP contribution in [0.25, 0.3) is 0 Å². The van der Waals surface area contributed by atoms with Crippen LogP contribution in [0.4, 0.5) is 0 Å². The summed E-state index contributed by atoms with van der Waals surface area (Å²) in [6, 6.07) is 15.3. The molecule has 0 saturated heterocycles. The molecular weight excluding hydrogens is 358 g/mol. The van der Waals surface area contributed by atoms with E-state index in [1.54, 1.807) is 0 Å². The molecule has 2 aliphatic rings. The minimum Gasteiger partial charge on any atom is -0.481 e. The number of fused-ring (bicyclic) bond motifs is 2. The Hall–Kier alpha value is -2.86. The third-order valence-electron chi connectivity index (χ3n) is 6.18. The Balaban J connectivity index is 1.65. The van der Waals surface area contributed by atoms with Gasteiger partial charge in [0.25, 0.3) is 0 Å². The minimum absolute atomic E-state index is 0.000892. The maximum absolute atomic E-state index is 12.2. The molecule has 1 atom stereocenters. The lowest BCUT2D eigenvalue weighted by Gasteiger charge is -2.46. The average Bonchev–Trinajstić information content (AvgIpc) is 2.63. The van der Waals surface area contributed by atoms with E-state index in [-0.39, 0.29) is 30.6 Å². The number of aliphatic carboxylic acids is 2. The summed E-state index contributed by atoms with van der Waals surface area (Å²) in [6.45, 7) is 0. The van der Waals surface area contributed by atoms with Gasteiger partial charge in [-0.15, -0.1) is 0 Å². The van der Waals surface area contributed by atoms with Gasteiger partial charge in [0.15, 0.2) is 0 Å². The number of hydrogen-bond donors (Lipinski definition) is 3. The van der Waals surface area contributed by atoms with Crippen molar-refractivity contribution in [2.75, 3.05) is 0 Å². The molecule has 1 aliphatic carbocycles. The van der Waals surface area contributed by atoms with Crippen molar-refractivity contribution in [2.24, 2.45) is 17.6 Å². The molecule has 0 amide bonds. The van der Waals surface area contributed by atoms with Crippen LogP contribution in [0.2, 0.25) is 0 Å². The highest BCUT2D eigenvalue weighted by Gasteiger charge is 2.50. The highest BCUT2D eigenvalue weighted by Crippen LogP contribution is 2.50. The van der Waals surface area contributed by atoms with Gasteiger partial charge in [-0.05, 0) is 43.2 Å². The molecule has 4 rings (SSSR count). The summed E-state index contributed by atoms with van der Waals surface area (Å²) < 4.78 is 5.99. The molecule has 4 N–H and O–H groups in total. The Bertz CT molecular complexity index is 875. The number of hydrogen-bond acceptors (Lipinski definition) is 4. The summed E-state index contributed by atoms with van der Waals surface area (Å²) in [5, 5.41) is 19.0. The number of carboxylic acid groups (broad SMARTS) is 2. The molecule has 2 aromatic rings. The molecule has 0 bridgehead atoms. The van der Waals surface area contributed by atoms with E-state index < -0.39 is 17.5 Å². The molecular formula is C22H23NO5. The summed E-state index contributed by atoms with van der Waals surface area (Å²) in [6.07, 6.45) is 1.36. The van der Waals surface area contributed by atoms with Crippen LogP contribution in [0, 0.1) is 11.8 Å². The monoisotopic (exact) mass is 381 g/mol. The third-order valence-corrected chi connectivity index (χ3v) is 6.18. The Labute approximate surface area is 162 Å². The highest BCUT2D eigenvalue weighted by atomic mass is 16.5. The lowest BCUT2D eigenvalue weighted by Crippen LogP contribution is -2.59. The summed E-state index contributed by atoms with van der Waals surface area (Å²) in [7, 11) is 0. The van der Waals surface area contributed by atoms with Crippen LogP contribution in [-0.2, 0) is 9.59 Å². The zero-order chi connectivity index (χ0) is 19.9. The Kier molecular flexibility index (Phi) is 4.59. The second-order valence-electron chi connectivity index (χ2n) is 7.91. The fraction of sp³-hybridized carbons (Fsp3) is 0.364. The number of rotatable bonds is 6. The largest absolute Gasteiger partial charge is 0.481 e. The molecule has 1 saturated carbocycles. The number of ether oxygens (including phenoxy) is 1. The molecule has 0 spiro atoms. The van der Waals surface area contributed by atoms with Crippen molar-refractivity contribution >= 4 is 11.9 Å². The quantitative estimate of drug-likeness (QED) is 0.705. The second kappa shape index (κ2) is 6.95. The minimum atomic E-state index is -1.42. The van der Waals surface area contributed by atoms with Gasteiger partial charge in [0.05, 0.1) is 0 Å². The predicted octanol–water partition coefficient (Wildman–Crippen LogP) is 3.60. The van der Waals surface area contributed by atoms with Crippen molar-refractivity contribution in [1.29, 1.82) is 0 Å². The van der Waals surface area contributed by atoms with Gasteiger partial charge in [-0.1, -0.05) is 36.4 Å². The summed E-state index contributed by atoms with van der Waals surface area (Å²) in [5.74, 6) is -0.884. The van der Waals surface area contributed by atoms with Crippen molar-refractivity contribution in [3.05, 3.63) is 59.7 Å². The SMILES string of the molecule is NC(CC1c2ccccc2Oc2ccccc21)(C(=O)O)[C@H]1C[C@@H](CC(=O)O)C1. The standard InChI is InChI=1S/C22H23NO5/c23-22(21(26)27,14-9-13(10-14)11-20(24)25)12-17-15-5-1-3-7-18(15)28-19-8-4-2-6-16(17)19/h1-8,13-14,17H,9-12,23H2,(H,24,25)(H,26,27)/t13-,14+,22?. The van der Waals surface area contributed by atoms with Gasteiger partial charge < -0.3 is 20.7 Å². The molecule has 1 unspecified atom stereocenters. The number of para-hydroxylation sites is 2. The number of carboxylic acids is 2. The van der Waals surface area contributed by atoms with Crippen LogP contribution in [-0.4, -0.2) is 27.7 Å².